The van der Waals surface area contributed by atoms with Gasteiger partial charge in [-0.2, -0.15) is 5.26 Å². The standard InChI is InChI=1S/C15H20N2/c1-2-3-9-17-12-13(11-16)10-15(17)14-7-5-4-6-8-14/h4-8,13,15H,2-3,9-10,12H2,1H3/t13-,15-/m0/s1. The first-order chi connectivity index (χ1) is 8.35. The highest BCUT2D eigenvalue weighted by Crippen LogP contribution is 2.35. The van der Waals surface area contributed by atoms with Crippen LogP contribution in [-0.4, -0.2) is 18.0 Å². The summed E-state index contributed by atoms with van der Waals surface area (Å²) in [5.74, 6) is 0.206. The third kappa shape index (κ3) is 2.87. The number of rotatable bonds is 4. The maximum Gasteiger partial charge on any atom is 0.0670 e. The fourth-order valence-corrected chi connectivity index (χ4v) is 2.63. The fourth-order valence-electron chi connectivity index (χ4n) is 2.63. The van der Waals surface area contributed by atoms with Crippen LogP contribution in [-0.2, 0) is 0 Å². The van der Waals surface area contributed by atoms with Gasteiger partial charge in [0.25, 0.3) is 0 Å². The highest BCUT2D eigenvalue weighted by Gasteiger charge is 2.32. The molecule has 0 aliphatic carbocycles. The van der Waals surface area contributed by atoms with Crippen molar-refractivity contribution < 1.29 is 0 Å². The van der Waals surface area contributed by atoms with Crippen LogP contribution in [0.25, 0.3) is 0 Å². The lowest BCUT2D eigenvalue weighted by Gasteiger charge is -2.24. The van der Waals surface area contributed by atoms with Crippen molar-refractivity contribution in [1.29, 1.82) is 5.26 Å². The molecule has 0 radical (unpaired) electrons. The van der Waals surface area contributed by atoms with Gasteiger partial charge in [0.2, 0.25) is 0 Å². The Morgan fingerprint density at radius 3 is 2.76 bits per heavy atom. The van der Waals surface area contributed by atoms with Gasteiger partial charge in [0.05, 0.1) is 12.0 Å². The van der Waals surface area contributed by atoms with Crippen molar-refractivity contribution in [3.8, 4) is 6.07 Å². The molecule has 2 rings (SSSR count). The average molecular weight is 228 g/mol. The predicted molar refractivity (Wildman–Crippen MR) is 69.4 cm³/mol. The molecule has 0 N–H and O–H groups in total. The molecule has 0 spiro atoms. The van der Waals surface area contributed by atoms with Crippen LogP contribution in [0.2, 0.25) is 0 Å². The zero-order valence-electron chi connectivity index (χ0n) is 10.5. The van der Waals surface area contributed by atoms with E-state index >= 15 is 0 Å². The normalized spacial score (nSPS) is 24.7. The van der Waals surface area contributed by atoms with Crippen LogP contribution < -0.4 is 0 Å². The van der Waals surface area contributed by atoms with E-state index in [0.717, 1.165) is 19.5 Å². The number of nitrogens with zero attached hydrogens (tertiary/aromatic N) is 2. The van der Waals surface area contributed by atoms with Gasteiger partial charge in [0.1, 0.15) is 0 Å². The molecule has 1 aromatic rings. The van der Waals surface area contributed by atoms with E-state index in [-0.39, 0.29) is 5.92 Å². The van der Waals surface area contributed by atoms with Crippen molar-refractivity contribution in [3.05, 3.63) is 35.9 Å². The van der Waals surface area contributed by atoms with Gasteiger partial charge in [-0.1, -0.05) is 43.7 Å². The summed E-state index contributed by atoms with van der Waals surface area (Å²) < 4.78 is 0. The van der Waals surface area contributed by atoms with Gasteiger partial charge in [-0.05, 0) is 24.9 Å². The molecule has 2 nitrogen and oxygen atoms in total. The lowest BCUT2D eigenvalue weighted by molar-refractivity contribution is 0.251. The number of hydrogen-bond acceptors (Lipinski definition) is 2. The van der Waals surface area contributed by atoms with E-state index in [2.05, 4.69) is 48.2 Å². The summed E-state index contributed by atoms with van der Waals surface area (Å²) in [4.78, 5) is 2.48. The van der Waals surface area contributed by atoms with Crippen molar-refractivity contribution in [3.63, 3.8) is 0 Å². The molecule has 0 unspecified atom stereocenters. The van der Waals surface area contributed by atoms with Crippen LogP contribution in [0.3, 0.4) is 0 Å². The average Bonchev–Trinajstić information content (AvgIpc) is 2.80. The van der Waals surface area contributed by atoms with E-state index < -0.39 is 0 Å². The maximum absolute atomic E-state index is 9.10. The molecule has 1 aromatic carbocycles. The summed E-state index contributed by atoms with van der Waals surface area (Å²) in [7, 11) is 0. The van der Waals surface area contributed by atoms with Gasteiger partial charge < -0.3 is 0 Å². The molecular formula is C15H20N2. The second-order valence-corrected chi connectivity index (χ2v) is 4.84. The van der Waals surface area contributed by atoms with Gasteiger partial charge >= 0.3 is 0 Å². The van der Waals surface area contributed by atoms with E-state index in [9.17, 15) is 0 Å². The van der Waals surface area contributed by atoms with E-state index in [1.54, 1.807) is 0 Å². The van der Waals surface area contributed by atoms with Crippen LogP contribution in [0.5, 0.6) is 0 Å². The van der Waals surface area contributed by atoms with Crippen molar-refractivity contribution in [1.82, 2.24) is 4.90 Å². The molecule has 1 aliphatic heterocycles. The molecule has 1 heterocycles. The van der Waals surface area contributed by atoms with Crippen molar-refractivity contribution >= 4 is 0 Å². The summed E-state index contributed by atoms with van der Waals surface area (Å²) in [6, 6.07) is 13.5. The topological polar surface area (TPSA) is 27.0 Å². The van der Waals surface area contributed by atoms with Gasteiger partial charge in [-0.25, -0.2) is 0 Å². The quantitative estimate of drug-likeness (QED) is 0.790. The zero-order chi connectivity index (χ0) is 12.1. The van der Waals surface area contributed by atoms with Crippen molar-refractivity contribution in [2.24, 2.45) is 5.92 Å². The van der Waals surface area contributed by atoms with Crippen LogP contribution in [0.1, 0.15) is 37.8 Å². The number of unbranched alkanes of at least 4 members (excludes halogenated alkanes) is 1. The Bertz CT molecular complexity index is 380. The van der Waals surface area contributed by atoms with Gasteiger partial charge in [-0.3, -0.25) is 4.90 Å². The highest BCUT2D eigenvalue weighted by molar-refractivity contribution is 5.21. The summed E-state index contributed by atoms with van der Waals surface area (Å²) in [5, 5.41) is 9.10. The Balaban J connectivity index is 2.10. The van der Waals surface area contributed by atoms with Crippen molar-refractivity contribution in [2.75, 3.05) is 13.1 Å². The fraction of sp³-hybridized carbons (Fsp3) is 0.533. The number of nitriles is 1. The lowest BCUT2D eigenvalue weighted by atomic mass is 10.0. The van der Waals surface area contributed by atoms with E-state index in [1.807, 2.05) is 0 Å². The van der Waals surface area contributed by atoms with Crippen LogP contribution >= 0.6 is 0 Å². The van der Waals surface area contributed by atoms with Crippen LogP contribution in [0, 0.1) is 17.2 Å². The number of likely N-dealkylation sites (tertiary alicyclic amines) is 1. The first-order valence-corrected chi connectivity index (χ1v) is 6.53. The first-order valence-electron chi connectivity index (χ1n) is 6.53. The molecule has 0 saturated carbocycles. The first kappa shape index (κ1) is 12.1. The monoisotopic (exact) mass is 228 g/mol. The molecule has 0 amide bonds. The van der Waals surface area contributed by atoms with Crippen LogP contribution in [0.4, 0.5) is 0 Å². The Morgan fingerprint density at radius 2 is 2.12 bits per heavy atom. The SMILES string of the molecule is CCCCN1C[C@H](C#N)C[C@H]1c1ccccc1. The Hall–Kier alpha value is -1.33. The number of benzene rings is 1. The van der Waals surface area contributed by atoms with Gasteiger partial charge in [0.15, 0.2) is 0 Å². The summed E-state index contributed by atoms with van der Waals surface area (Å²) in [5.41, 5.74) is 1.36. The van der Waals surface area contributed by atoms with Crippen LogP contribution in [0.15, 0.2) is 30.3 Å². The van der Waals surface area contributed by atoms with Crippen molar-refractivity contribution in [2.45, 2.75) is 32.2 Å². The van der Waals surface area contributed by atoms with Gasteiger partial charge in [-0.15, -0.1) is 0 Å². The van der Waals surface area contributed by atoms with E-state index in [1.165, 1.54) is 18.4 Å². The second kappa shape index (κ2) is 5.84. The molecular weight excluding hydrogens is 208 g/mol. The lowest BCUT2D eigenvalue weighted by Crippen LogP contribution is -2.25. The zero-order valence-corrected chi connectivity index (χ0v) is 10.5. The molecule has 1 aliphatic rings. The van der Waals surface area contributed by atoms with E-state index in [4.69, 9.17) is 5.26 Å². The second-order valence-electron chi connectivity index (χ2n) is 4.84. The number of hydrogen-bond donors (Lipinski definition) is 0. The molecule has 2 heteroatoms. The molecule has 0 aromatic heterocycles. The highest BCUT2D eigenvalue weighted by atomic mass is 15.2. The molecule has 90 valence electrons. The summed E-state index contributed by atoms with van der Waals surface area (Å²) in [6.07, 6.45) is 3.43. The smallest absolute Gasteiger partial charge is 0.0670 e. The predicted octanol–water partition coefficient (Wildman–Crippen LogP) is 3.37. The molecule has 17 heavy (non-hydrogen) atoms. The third-order valence-electron chi connectivity index (χ3n) is 3.57. The third-order valence-corrected chi connectivity index (χ3v) is 3.57. The minimum atomic E-state index is 0.206. The summed E-state index contributed by atoms with van der Waals surface area (Å²) in [6.45, 7) is 4.28. The Labute approximate surface area is 104 Å². The molecule has 2 atom stereocenters. The largest absolute Gasteiger partial charge is 0.295 e. The minimum absolute atomic E-state index is 0.206. The minimum Gasteiger partial charge on any atom is -0.295 e. The van der Waals surface area contributed by atoms with E-state index in [0.29, 0.717) is 6.04 Å². The van der Waals surface area contributed by atoms with Gasteiger partial charge in [0, 0.05) is 12.6 Å². The summed E-state index contributed by atoms with van der Waals surface area (Å²) >= 11 is 0. The molecule has 1 fully saturated rings. The molecule has 1 saturated heterocycles. The molecule has 0 bridgehead atoms. The maximum atomic E-state index is 9.10. The Morgan fingerprint density at radius 1 is 1.35 bits per heavy atom. The Kier molecular flexibility index (Phi) is 4.17.